The SMILES string of the molecule is O=C(c1ccccc1Cn1cccn1)N1CCOCC(Cc2cccc3ccncc23)C1. The van der Waals surface area contributed by atoms with Crippen LogP contribution in [0.5, 0.6) is 0 Å². The van der Waals surface area contributed by atoms with Gasteiger partial charge in [0, 0.05) is 54.7 Å². The van der Waals surface area contributed by atoms with E-state index in [2.05, 4.69) is 28.3 Å². The summed E-state index contributed by atoms with van der Waals surface area (Å²) >= 11 is 0. The molecule has 4 aromatic rings. The van der Waals surface area contributed by atoms with E-state index in [1.165, 1.54) is 16.3 Å². The maximum absolute atomic E-state index is 13.5. The van der Waals surface area contributed by atoms with Crippen LogP contribution in [0.4, 0.5) is 0 Å². The second-order valence-corrected chi connectivity index (χ2v) is 8.27. The number of carbonyl (C=O) groups is 1. The Labute approximate surface area is 187 Å². The third-order valence-corrected chi connectivity index (χ3v) is 6.05. The maximum atomic E-state index is 13.5. The van der Waals surface area contributed by atoms with Crippen molar-refractivity contribution in [2.24, 2.45) is 5.92 Å². The van der Waals surface area contributed by atoms with Gasteiger partial charge in [-0.15, -0.1) is 0 Å². The van der Waals surface area contributed by atoms with Crippen LogP contribution in [0.2, 0.25) is 0 Å². The van der Waals surface area contributed by atoms with Gasteiger partial charge in [0.2, 0.25) is 0 Å². The van der Waals surface area contributed by atoms with Crippen LogP contribution >= 0.6 is 0 Å². The minimum Gasteiger partial charge on any atom is -0.379 e. The third kappa shape index (κ3) is 4.41. The molecule has 0 radical (unpaired) electrons. The summed E-state index contributed by atoms with van der Waals surface area (Å²) in [5.41, 5.74) is 2.96. The Morgan fingerprint density at radius 3 is 2.84 bits per heavy atom. The van der Waals surface area contributed by atoms with E-state index >= 15 is 0 Å². The van der Waals surface area contributed by atoms with E-state index in [0.717, 1.165) is 17.5 Å². The number of ether oxygens (including phenoxy) is 1. The number of hydrogen-bond donors (Lipinski definition) is 0. The van der Waals surface area contributed by atoms with E-state index in [4.69, 9.17) is 4.74 Å². The van der Waals surface area contributed by atoms with Gasteiger partial charge in [0.15, 0.2) is 0 Å². The number of amides is 1. The fraction of sp³-hybridized carbons (Fsp3) is 0.269. The Morgan fingerprint density at radius 1 is 1.03 bits per heavy atom. The van der Waals surface area contributed by atoms with Crippen LogP contribution in [0.15, 0.2) is 79.4 Å². The van der Waals surface area contributed by atoms with E-state index in [0.29, 0.717) is 32.8 Å². The monoisotopic (exact) mass is 426 g/mol. The third-order valence-electron chi connectivity index (χ3n) is 6.05. The molecule has 0 aliphatic carbocycles. The molecule has 1 aliphatic rings. The Kier molecular flexibility index (Phi) is 5.94. The number of aromatic nitrogens is 3. The molecule has 1 saturated heterocycles. The lowest BCUT2D eigenvalue weighted by Crippen LogP contribution is -2.37. The first-order chi connectivity index (χ1) is 15.8. The van der Waals surface area contributed by atoms with Gasteiger partial charge in [-0.05, 0) is 41.1 Å². The minimum atomic E-state index is 0.0582. The number of benzene rings is 2. The first-order valence-corrected chi connectivity index (χ1v) is 11.0. The van der Waals surface area contributed by atoms with Gasteiger partial charge in [0.1, 0.15) is 0 Å². The molecule has 6 heteroatoms. The largest absolute Gasteiger partial charge is 0.379 e. The van der Waals surface area contributed by atoms with Gasteiger partial charge >= 0.3 is 0 Å². The van der Waals surface area contributed by atoms with E-state index < -0.39 is 0 Å². The summed E-state index contributed by atoms with van der Waals surface area (Å²) in [6.07, 6.45) is 8.26. The van der Waals surface area contributed by atoms with Gasteiger partial charge in [0.25, 0.3) is 5.91 Å². The molecule has 162 valence electrons. The van der Waals surface area contributed by atoms with Crippen LogP contribution in [0.1, 0.15) is 21.5 Å². The molecule has 0 N–H and O–H groups in total. The molecule has 0 saturated carbocycles. The number of carbonyl (C=O) groups excluding carboxylic acids is 1. The van der Waals surface area contributed by atoms with Crippen LogP contribution in [-0.4, -0.2) is 51.9 Å². The highest BCUT2D eigenvalue weighted by Crippen LogP contribution is 2.23. The van der Waals surface area contributed by atoms with Gasteiger partial charge in [-0.25, -0.2) is 0 Å². The molecule has 1 unspecified atom stereocenters. The number of rotatable bonds is 5. The molecular formula is C26H26N4O2. The zero-order chi connectivity index (χ0) is 21.8. The number of nitrogens with zero attached hydrogens (tertiary/aromatic N) is 4. The van der Waals surface area contributed by atoms with Crippen molar-refractivity contribution < 1.29 is 9.53 Å². The van der Waals surface area contributed by atoms with Gasteiger partial charge < -0.3 is 9.64 Å². The summed E-state index contributed by atoms with van der Waals surface area (Å²) in [6, 6.07) is 18.1. The molecule has 1 amide bonds. The van der Waals surface area contributed by atoms with Crippen LogP contribution in [0, 0.1) is 5.92 Å². The highest BCUT2D eigenvalue weighted by atomic mass is 16.5. The Morgan fingerprint density at radius 2 is 1.94 bits per heavy atom. The van der Waals surface area contributed by atoms with Crippen LogP contribution in [0.3, 0.4) is 0 Å². The molecular weight excluding hydrogens is 400 g/mol. The minimum absolute atomic E-state index is 0.0582. The smallest absolute Gasteiger partial charge is 0.254 e. The van der Waals surface area contributed by atoms with E-state index in [9.17, 15) is 4.79 Å². The summed E-state index contributed by atoms with van der Waals surface area (Å²) in [5.74, 6) is 0.286. The van der Waals surface area contributed by atoms with Crippen molar-refractivity contribution in [3.05, 3.63) is 96.1 Å². The Balaban J connectivity index is 1.36. The predicted molar refractivity (Wildman–Crippen MR) is 123 cm³/mol. The summed E-state index contributed by atoms with van der Waals surface area (Å²) in [5, 5.41) is 6.65. The van der Waals surface area contributed by atoms with Crippen molar-refractivity contribution in [3.8, 4) is 0 Å². The number of fused-ring (bicyclic) bond motifs is 1. The fourth-order valence-electron chi connectivity index (χ4n) is 4.46. The highest BCUT2D eigenvalue weighted by Gasteiger charge is 2.25. The van der Waals surface area contributed by atoms with Crippen LogP contribution < -0.4 is 0 Å². The topological polar surface area (TPSA) is 60.2 Å². The lowest BCUT2D eigenvalue weighted by molar-refractivity contribution is 0.0736. The summed E-state index contributed by atoms with van der Waals surface area (Å²) in [7, 11) is 0. The Hall–Kier alpha value is -3.51. The average molecular weight is 427 g/mol. The maximum Gasteiger partial charge on any atom is 0.254 e. The quantitative estimate of drug-likeness (QED) is 0.487. The van der Waals surface area contributed by atoms with Crippen LogP contribution in [-0.2, 0) is 17.7 Å². The lowest BCUT2D eigenvalue weighted by atomic mass is 9.95. The second-order valence-electron chi connectivity index (χ2n) is 8.27. The van der Waals surface area contributed by atoms with Gasteiger partial charge in [-0.1, -0.05) is 36.4 Å². The predicted octanol–water partition coefficient (Wildman–Crippen LogP) is 3.81. The van der Waals surface area contributed by atoms with E-state index in [1.54, 1.807) is 6.20 Å². The molecule has 32 heavy (non-hydrogen) atoms. The second kappa shape index (κ2) is 9.32. The standard InChI is InChI=1S/C26H26N4O2/c31-26(24-8-2-1-5-23(24)18-30-12-4-10-28-30)29-13-14-32-19-20(17-29)15-22-7-3-6-21-9-11-27-16-25(21)22/h1-12,16,20H,13-15,17-19H2. The lowest BCUT2D eigenvalue weighted by Gasteiger charge is -2.25. The Bertz CT molecular complexity index is 1200. The molecule has 2 aromatic carbocycles. The number of hydrogen-bond acceptors (Lipinski definition) is 4. The molecule has 1 aliphatic heterocycles. The van der Waals surface area contributed by atoms with Crippen molar-refractivity contribution >= 4 is 16.7 Å². The van der Waals surface area contributed by atoms with E-state index in [1.807, 2.05) is 64.6 Å². The number of pyridine rings is 1. The molecule has 6 nitrogen and oxygen atoms in total. The average Bonchev–Trinajstić information content (AvgIpc) is 3.23. The summed E-state index contributed by atoms with van der Waals surface area (Å²) in [4.78, 5) is 19.8. The van der Waals surface area contributed by atoms with Gasteiger partial charge in [-0.2, -0.15) is 5.10 Å². The molecule has 2 aromatic heterocycles. The van der Waals surface area contributed by atoms with Crippen molar-refractivity contribution in [1.29, 1.82) is 0 Å². The van der Waals surface area contributed by atoms with Crippen molar-refractivity contribution in [1.82, 2.24) is 19.7 Å². The zero-order valence-electron chi connectivity index (χ0n) is 17.9. The van der Waals surface area contributed by atoms with E-state index in [-0.39, 0.29) is 11.8 Å². The summed E-state index contributed by atoms with van der Waals surface area (Å²) < 4.78 is 7.74. The van der Waals surface area contributed by atoms with Gasteiger partial charge in [-0.3, -0.25) is 14.5 Å². The fourth-order valence-corrected chi connectivity index (χ4v) is 4.46. The molecule has 1 atom stereocenters. The normalized spacial score (nSPS) is 16.8. The molecule has 1 fully saturated rings. The first kappa shape index (κ1) is 20.4. The molecule has 5 rings (SSSR count). The molecule has 0 spiro atoms. The first-order valence-electron chi connectivity index (χ1n) is 11.0. The highest BCUT2D eigenvalue weighted by molar-refractivity contribution is 5.95. The molecule has 3 heterocycles. The van der Waals surface area contributed by atoms with Crippen LogP contribution in [0.25, 0.3) is 10.8 Å². The van der Waals surface area contributed by atoms with Crippen molar-refractivity contribution in [2.75, 3.05) is 26.3 Å². The zero-order valence-corrected chi connectivity index (χ0v) is 17.9. The van der Waals surface area contributed by atoms with Crippen molar-refractivity contribution in [3.63, 3.8) is 0 Å². The summed E-state index contributed by atoms with van der Waals surface area (Å²) in [6.45, 7) is 3.05. The molecule has 0 bridgehead atoms. The van der Waals surface area contributed by atoms with Gasteiger partial charge in [0.05, 0.1) is 19.8 Å². The van der Waals surface area contributed by atoms with Crippen molar-refractivity contribution in [2.45, 2.75) is 13.0 Å².